The number of ketones is 1. The third-order valence-corrected chi connectivity index (χ3v) is 3.90. The number of halogens is 2. The molecule has 1 aliphatic heterocycles. The molecule has 0 N–H and O–H groups in total. The van der Waals surface area contributed by atoms with Gasteiger partial charge in [0.1, 0.15) is 11.9 Å². The zero-order valence-corrected chi connectivity index (χ0v) is 12.3. The van der Waals surface area contributed by atoms with Crippen molar-refractivity contribution in [1.82, 2.24) is 0 Å². The first kappa shape index (κ1) is 13.5. The van der Waals surface area contributed by atoms with Gasteiger partial charge in [0.25, 0.3) is 0 Å². The molecule has 0 spiro atoms. The van der Waals surface area contributed by atoms with E-state index in [2.05, 4.69) is 0 Å². The molecule has 2 nitrogen and oxygen atoms in total. The largest absolute Gasteiger partial charge is 0.490 e. The second-order valence-electron chi connectivity index (χ2n) is 4.91. The maximum Gasteiger partial charge on any atom is 0.194 e. The van der Waals surface area contributed by atoms with Gasteiger partial charge < -0.3 is 4.74 Å². The van der Waals surface area contributed by atoms with Gasteiger partial charge in [0.05, 0.1) is 5.02 Å². The van der Waals surface area contributed by atoms with Gasteiger partial charge in [-0.1, -0.05) is 23.2 Å². The molecule has 0 bridgehead atoms. The van der Waals surface area contributed by atoms with Crippen molar-refractivity contribution in [1.29, 1.82) is 0 Å². The van der Waals surface area contributed by atoms with E-state index in [9.17, 15) is 4.79 Å². The highest BCUT2D eigenvalue weighted by Gasteiger charge is 2.21. The molecule has 0 fully saturated rings. The predicted octanol–water partition coefficient (Wildman–Crippen LogP) is 4.55. The third kappa shape index (κ3) is 2.41. The van der Waals surface area contributed by atoms with E-state index >= 15 is 0 Å². The zero-order valence-electron chi connectivity index (χ0n) is 10.8. The van der Waals surface area contributed by atoms with Crippen LogP contribution in [-0.4, -0.2) is 11.9 Å². The van der Waals surface area contributed by atoms with Gasteiger partial charge in [-0.3, -0.25) is 4.79 Å². The average molecular weight is 307 g/mol. The SMILES string of the molecule is CC1Cc2cc(C(=O)c3cc(Cl)ccc3Cl)ccc2O1. The number of hydrogen-bond donors (Lipinski definition) is 0. The van der Waals surface area contributed by atoms with Crippen LogP contribution < -0.4 is 4.74 Å². The van der Waals surface area contributed by atoms with Crippen LogP contribution in [0.2, 0.25) is 10.0 Å². The molecule has 1 heterocycles. The molecule has 0 saturated heterocycles. The summed E-state index contributed by atoms with van der Waals surface area (Å²) in [4.78, 5) is 12.5. The monoisotopic (exact) mass is 306 g/mol. The van der Waals surface area contributed by atoms with Crippen LogP contribution in [0.5, 0.6) is 5.75 Å². The minimum absolute atomic E-state index is 0.125. The summed E-state index contributed by atoms with van der Waals surface area (Å²) in [6, 6.07) is 10.4. The predicted molar refractivity (Wildman–Crippen MR) is 80.1 cm³/mol. The smallest absolute Gasteiger partial charge is 0.194 e. The van der Waals surface area contributed by atoms with Crippen molar-refractivity contribution in [3.05, 3.63) is 63.1 Å². The molecule has 1 atom stereocenters. The van der Waals surface area contributed by atoms with Crippen LogP contribution in [0.15, 0.2) is 36.4 Å². The van der Waals surface area contributed by atoms with E-state index in [1.165, 1.54) is 0 Å². The Labute approximate surface area is 127 Å². The number of hydrogen-bond acceptors (Lipinski definition) is 2. The van der Waals surface area contributed by atoms with E-state index in [1.807, 2.05) is 19.1 Å². The number of fused-ring (bicyclic) bond motifs is 1. The number of ether oxygens (including phenoxy) is 1. The number of benzene rings is 2. The lowest BCUT2D eigenvalue weighted by Gasteiger charge is -2.06. The second kappa shape index (κ2) is 5.12. The van der Waals surface area contributed by atoms with E-state index in [-0.39, 0.29) is 11.9 Å². The third-order valence-electron chi connectivity index (χ3n) is 3.33. The summed E-state index contributed by atoms with van der Waals surface area (Å²) in [5, 5.41) is 0.903. The minimum Gasteiger partial charge on any atom is -0.490 e. The van der Waals surface area contributed by atoms with Gasteiger partial charge in [0.15, 0.2) is 5.78 Å². The first-order chi connectivity index (χ1) is 9.54. The molecule has 2 aromatic rings. The molecule has 20 heavy (non-hydrogen) atoms. The fourth-order valence-corrected chi connectivity index (χ4v) is 2.77. The maximum absolute atomic E-state index is 12.5. The quantitative estimate of drug-likeness (QED) is 0.761. The van der Waals surface area contributed by atoms with Gasteiger partial charge in [0.2, 0.25) is 0 Å². The molecule has 1 aliphatic rings. The molecule has 0 aromatic heterocycles. The highest BCUT2D eigenvalue weighted by atomic mass is 35.5. The summed E-state index contributed by atoms with van der Waals surface area (Å²) >= 11 is 12.0. The second-order valence-corrected chi connectivity index (χ2v) is 5.75. The number of rotatable bonds is 2. The topological polar surface area (TPSA) is 26.3 Å². The molecule has 4 heteroatoms. The van der Waals surface area contributed by atoms with E-state index in [0.29, 0.717) is 21.2 Å². The van der Waals surface area contributed by atoms with Gasteiger partial charge >= 0.3 is 0 Å². The molecule has 0 radical (unpaired) electrons. The fraction of sp³-hybridized carbons (Fsp3) is 0.188. The molecular formula is C16H12Cl2O2. The minimum atomic E-state index is -0.125. The molecule has 2 aromatic carbocycles. The van der Waals surface area contributed by atoms with Crippen molar-refractivity contribution < 1.29 is 9.53 Å². The first-order valence-electron chi connectivity index (χ1n) is 6.34. The summed E-state index contributed by atoms with van der Waals surface area (Å²) in [5.41, 5.74) is 2.08. The van der Waals surface area contributed by atoms with Crippen molar-refractivity contribution in [3.63, 3.8) is 0 Å². The van der Waals surface area contributed by atoms with Gasteiger partial charge in [0, 0.05) is 22.6 Å². The Morgan fingerprint density at radius 3 is 2.80 bits per heavy atom. The average Bonchev–Trinajstić information content (AvgIpc) is 2.79. The van der Waals surface area contributed by atoms with Crippen LogP contribution in [0.4, 0.5) is 0 Å². The van der Waals surface area contributed by atoms with Crippen molar-refractivity contribution >= 4 is 29.0 Å². The molecule has 3 rings (SSSR count). The fourth-order valence-electron chi connectivity index (χ4n) is 2.39. The summed E-state index contributed by atoms with van der Waals surface area (Å²) in [7, 11) is 0. The molecular weight excluding hydrogens is 295 g/mol. The normalized spacial score (nSPS) is 16.6. The van der Waals surface area contributed by atoms with E-state index in [0.717, 1.165) is 17.7 Å². The Hall–Kier alpha value is -1.51. The first-order valence-corrected chi connectivity index (χ1v) is 7.09. The van der Waals surface area contributed by atoms with E-state index < -0.39 is 0 Å². The lowest BCUT2D eigenvalue weighted by molar-refractivity contribution is 0.103. The van der Waals surface area contributed by atoms with Crippen molar-refractivity contribution in [2.45, 2.75) is 19.4 Å². The Balaban J connectivity index is 1.99. The Bertz CT molecular complexity index is 695. The van der Waals surface area contributed by atoms with Crippen LogP contribution in [0.1, 0.15) is 28.4 Å². The van der Waals surface area contributed by atoms with Crippen LogP contribution in [0.25, 0.3) is 0 Å². The van der Waals surface area contributed by atoms with Crippen molar-refractivity contribution in [3.8, 4) is 5.75 Å². The van der Waals surface area contributed by atoms with Crippen molar-refractivity contribution in [2.24, 2.45) is 0 Å². The Morgan fingerprint density at radius 2 is 2.00 bits per heavy atom. The van der Waals surface area contributed by atoms with Crippen LogP contribution in [0.3, 0.4) is 0 Å². The lowest BCUT2D eigenvalue weighted by atomic mass is 10.00. The maximum atomic E-state index is 12.5. The zero-order chi connectivity index (χ0) is 14.3. The molecule has 0 saturated carbocycles. The van der Waals surface area contributed by atoms with Crippen molar-refractivity contribution in [2.75, 3.05) is 0 Å². The Kier molecular flexibility index (Phi) is 3.45. The highest BCUT2D eigenvalue weighted by molar-refractivity contribution is 6.36. The molecule has 0 aliphatic carbocycles. The summed E-state index contributed by atoms with van der Waals surface area (Å²) in [6.07, 6.45) is 0.977. The number of carbonyl (C=O) groups excluding carboxylic acids is 1. The lowest BCUT2D eigenvalue weighted by Crippen LogP contribution is -2.05. The molecule has 102 valence electrons. The molecule has 0 amide bonds. The summed E-state index contributed by atoms with van der Waals surface area (Å²) < 4.78 is 5.63. The van der Waals surface area contributed by atoms with Gasteiger partial charge in [-0.25, -0.2) is 0 Å². The van der Waals surface area contributed by atoms with Gasteiger partial charge in [-0.2, -0.15) is 0 Å². The summed E-state index contributed by atoms with van der Waals surface area (Å²) in [5.74, 6) is 0.728. The van der Waals surface area contributed by atoms with Crippen LogP contribution >= 0.6 is 23.2 Å². The van der Waals surface area contributed by atoms with Gasteiger partial charge in [-0.15, -0.1) is 0 Å². The Morgan fingerprint density at radius 1 is 1.20 bits per heavy atom. The van der Waals surface area contributed by atoms with Gasteiger partial charge in [-0.05, 0) is 48.9 Å². The molecule has 1 unspecified atom stereocenters. The van der Waals surface area contributed by atoms with E-state index in [1.54, 1.807) is 24.3 Å². The highest BCUT2D eigenvalue weighted by Crippen LogP contribution is 2.31. The van der Waals surface area contributed by atoms with Crippen LogP contribution in [-0.2, 0) is 6.42 Å². The van der Waals surface area contributed by atoms with E-state index in [4.69, 9.17) is 27.9 Å². The van der Waals surface area contributed by atoms with Crippen LogP contribution in [0, 0.1) is 0 Å². The standard InChI is InChI=1S/C16H12Cl2O2/c1-9-6-11-7-10(2-5-15(11)20-9)16(19)13-8-12(17)3-4-14(13)18/h2-5,7-9H,6H2,1H3. The number of carbonyl (C=O) groups is 1. The summed E-state index contributed by atoms with van der Waals surface area (Å²) in [6.45, 7) is 2.01.